The van der Waals surface area contributed by atoms with Gasteiger partial charge in [-0.1, -0.05) is 6.42 Å². The van der Waals surface area contributed by atoms with Crippen molar-refractivity contribution in [2.24, 2.45) is 0 Å². The van der Waals surface area contributed by atoms with Crippen LogP contribution in [-0.4, -0.2) is 55.2 Å². The summed E-state index contributed by atoms with van der Waals surface area (Å²) in [5, 5.41) is 9.31. The van der Waals surface area contributed by atoms with Crippen molar-refractivity contribution in [1.82, 2.24) is 4.90 Å². The summed E-state index contributed by atoms with van der Waals surface area (Å²) in [6, 6.07) is 0.289. The predicted octanol–water partition coefficient (Wildman–Crippen LogP) is 1.23. The minimum atomic E-state index is -0.151. The lowest BCUT2D eigenvalue weighted by Crippen LogP contribution is -2.46. The Bertz CT molecular complexity index is 172. The second kappa shape index (κ2) is 8.01. The fraction of sp³-hybridized carbons (Fsp3) is 1.00. The average Bonchev–Trinajstić information content (AvgIpc) is 2.30. The molecule has 1 N–H and O–H groups in total. The van der Waals surface area contributed by atoms with Crippen molar-refractivity contribution in [3.8, 4) is 0 Å². The van der Waals surface area contributed by atoms with E-state index in [1.807, 2.05) is 13.8 Å². The molecule has 1 rings (SSSR count). The molecule has 0 bridgehead atoms. The van der Waals surface area contributed by atoms with Gasteiger partial charge in [-0.25, -0.2) is 0 Å². The molecule has 0 aliphatic carbocycles. The van der Waals surface area contributed by atoms with Gasteiger partial charge in [-0.2, -0.15) is 0 Å². The number of likely N-dealkylation sites (tertiary alicyclic amines) is 1. The molecule has 1 saturated heterocycles. The highest BCUT2D eigenvalue weighted by Gasteiger charge is 2.24. The summed E-state index contributed by atoms with van der Waals surface area (Å²) >= 11 is 0. The molecule has 0 amide bonds. The molecular formula is C12H25NO3. The van der Waals surface area contributed by atoms with Gasteiger partial charge in [-0.3, -0.25) is 4.90 Å². The number of ether oxygens (including phenoxy) is 2. The maximum absolute atomic E-state index is 9.31. The highest BCUT2D eigenvalue weighted by Crippen LogP contribution is 2.17. The Morgan fingerprint density at radius 3 is 2.50 bits per heavy atom. The van der Waals surface area contributed by atoms with Crippen LogP contribution in [0.5, 0.6) is 0 Å². The first kappa shape index (κ1) is 13.9. The fourth-order valence-electron chi connectivity index (χ4n) is 2.22. The van der Waals surface area contributed by atoms with Crippen molar-refractivity contribution in [1.29, 1.82) is 0 Å². The molecule has 1 unspecified atom stereocenters. The Balaban J connectivity index is 2.40. The van der Waals surface area contributed by atoms with Crippen LogP contribution in [0.3, 0.4) is 0 Å². The van der Waals surface area contributed by atoms with E-state index >= 15 is 0 Å². The number of aliphatic hydroxyl groups excluding tert-OH is 1. The van der Waals surface area contributed by atoms with Crippen LogP contribution in [0.2, 0.25) is 0 Å². The number of nitrogens with zero attached hydrogens (tertiary/aromatic N) is 1. The number of piperidine rings is 1. The molecule has 4 nitrogen and oxygen atoms in total. The van der Waals surface area contributed by atoms with Crippen molar-refractivity contribution < 1.29 is 14.6 Å². The van der Waals surface area contributed by atoms with Gasteiger partial charge in [0.1, 0.15) is 0 Å². The molecule has 1 heterocycles. The summed E-state index contributed by atoms with van der Waals surface area (Å²) in [5.74, 6) is 0. The van der Waals surface area contributed by atoms with Gasteiger partial charge in [0.2, 0.25) is 0 Å². The molecule has 0 radical (unpaired) electrons. The fourth-order valence-corrected chi connectivity index (χ4v) is 2.22. The Hall–Kier alpha value is -0.160. The third-order valence-corrected chi connectivity index (χ3v) is 3.05. The third-order valence-electron chi connectivity index (χ3n) is 3.05. The number of hydrogen-bond donors (Lipinski definition) is 1. The second-order valence-corrected chi connectivity index (χ2v) is 4.17. The summed E-state index contributed by atoms with van der Waals surface area (Å²) in [6.07, 6.45) is 3.36. The van der Waals surface area contributed by atoms with Crippen LogP contribution in [0, 0.1) is 0 Å². The first-order chi connectivity index (χ1) is 7.81. The average molecular weight is 231 g/mol. The van der Waals surface area contributed by atoms with E-state index in [1.54, 1.807) is 0 Å². The van der Waals surface area contributed by atoms with Crippen LogP contribution >= 0.6 is 0 Å². The monoisotopic (exact) mass is 231 g/mol. The van der Waals surface area contributed by atoms with Crippen molar-refractivity contribution >= 4 is 0 Å². The zero-order valence-electron chi connectivity index (χ0n) is 10.5. The van der Waals surface area contributed by atoms with E-state index in [0.29, 0.717) is 13.2 Å². The predicted molar refractivity (Wildman–Crippen MR) is 63.3 cm³/mol. The molecule has 0 aromatic rings. The van der Waals surface area contributed by atoms with Crippen molar-refractivity contribution in [2.45, 2.75) is 45.4 Å². The SMILES string of the molecule is CCOC(CN1CCCCC1CO)OCC. The molecule has 0 aromatic carbocycles. The lowest BCUT2D eigenvalue weighted by Gasteiger charge is -2.36. The van der Waals surface area contributed by atoms with E-state index in [4.69, 9.17) is 9.47 Å². The van der Waals surface area contributed by atoms with Gasteiger partial charge in [0.25, 0.3) is 0 Å². The van der Waals surface area contributed by atoms with E-state index in [9.17, 15) is 5.11 Å². The van der Waals surface area contributed by atoms with E-state index < -0.39 is 0 Å². The number of rotatable bonds is 7. The summed E-state index contributed by atoms with van der Waals surface area (Å²) < 4.78 is 11.1. The van der Waals surface area contributed by atoms with E-state index in [1.165, 1.54) is 12.8 Å². The molecule has 4 heteroatoms. The molecule has 0 spiro atoms. The quantitative estimate of drug-likeness (QED) is 0.669. The van der Waals surface area contributed by atoms with E-state index in [-0.39, 0.29) is 18.9 Å². The van der Waals surface area contributed by atoms with Crippen LogP contribution in [0.4, 0.5) is 0 Å². The largest absolute Gasteiger partial charge is 0.395 e. The standard InChI is InChI=1S/C12H25NO3/c1-3-15-12(16-4-2)9-13-8-6-5-7-11(13)10-14/h11-12,14H,3-10H2,1-2H3. The number of aliphatic hydroxyl groups is 1. The topological polar surface area (TPSA) is 41.9 Å². The summed E-state index contributed by atoms with van der Waals surface area (Å²) in [5.41, 5.74) is 0. The van der Waals surface area contributed by atoms with Crippen LogP contribution in [0.25, 0.3) is 0 Å². The molecule has 0 saturated carbocycles. The molecule has 96 valence electrons. The van der Waals surface area contributed by atoms with E-state index in [0.717, 1.165) is 19.5 Å². The van der Waals surface area contributed by atoms with Crippen LogP contribution < -0.4 is 0 Å². The third kappa shape index (κ3) is 4.37. The maximum Gasteiger partial charge on any atom is 0.170 e. The summed E-state index contributed by atoms with van der Waals surface area (Å²) in [7, 11) is 0. The van der Waals surface area contributed by atoms with Gasteiger partial charge in [0.05, 0.1) is 6.61 Å². The normalized spacial score (nSPS) is 22.9. The highest BCUT2D eigenvalue weighted by atomic mass is 16.7. The van der Waals surface area contributed by atoms with Gasteiger partial charge < -0.3 is 14.6 Å². The summed E-state index contributed by atoms with van der Waals surface area (Å²) in [4.78, 5) is 2.29. The van der Waals surface area contributed by atoms with Crippen molar-refractivity contribution in [2.75, 3.05) is 32.9 Å². The molecule has 1 aliphatic heterocycles. The van der Waals surface area contributed by atoms with Gasteiger partial charge in [0.15, 0.2) is 6.29 Å². The van der Waals surface area contributed by atoms with Crippen molar-refractivity contribution in [3.05, 3.63) is 0 Å². The first-order valence-corrected chi connectivity index (χ1v) is 6.39. The Morgan fingerprint density at radius 1 is 1.25 bits per heavy atom. The molecule has 1 atom stereocenters. The molecule has 16 heavy (non-hydrogen) atoms. The lowest BCUT2D eigenvalue weighted by molar-refractivity contribution is -0.153. The number of hydrogen-bond acceptors (Lipinski definition) is 4. The smallest absolute Gasteiger partial charge is 0.170 e. The maximum atomic E-state index is 9.31. The van der Waals surface area contributed by atoms with Gasteiger partial charge in [0, 0.05) is 25.8 Å². The van der Waals surface area contributed by atoms with Gasteiger partial charge >= 0.3 is 0 Å². The molecule has 1 aliphatic rings. The Labute approximate surface area is 98.5 Å². The zero-order valence-corrected chi connectivity index (χ0v) is 10.5. The Kier molecular flexibility index (Phi) is 6.96. The Morgan fingerprint density at radius 2 is 1.94 bits per heavy atom. The minimum Gasteiger partial charge on any atom is -0.395 e. The van der Waals surface area contributed by atoms with Crippen LogP contribution in [-0.2, 0) is 9.47 Å². The van der Waals surface area contributed by atoms with Crippen LogP contribution in [0.15, 0.2) is 0 Å². The first-order valence-electron chi connectivity index (χ1n) is 6.39. The van der Waals surface area contributed by atoms with Gasteiger partial charge in [-0.05, 0) is 33.2 Å². The molecular weight excluding hydrogens is 206 g/mol. The van der Waals surface area contributed by atoms with Crippen molar-refractivity contribution in [3.63, 3.8) is 0 Å². The van der Waals surface area contributed by atoms with Gasteiger partial charge in [-0.15, -0.1) is 0 Å². The summed E-state index contributed by atoms with van der Waals surface area (Å²) in [6.45, 7) is 7.35. The lowest BCUT2D eigenvalue weighted by atomic mass is 10.0. The minimum absolute atomic E-state index is 0.151. The van der Waals surface area contributed by atoms with Crippen LogP contribution in [0.1, 0.15) is 33.1 Å². The molecule has 1 fully saturated rings. The second-order valence-electron chi connectivity index (χ2n) is 4.17. The zero-order chi connectivity index (χ0) is 11.8. The molecule has 0 aromatic heterocycles. The highest BCUT2D eigenvalue weighted by molar-refractivity contribution is 4.76. The van der Waals surface area contributed by atoms with E-state index in [2.05, 4.69) is 4.90 Å².